The Morgan fingerprint density at radius 2 is 2.19 bits per heavy atom. The maximum Gasteiger partial charge on any atom is 0.410 e. The monoisotopic (exact) mass is 341 g/mol. The molecule has 1 heterocycles. The van der Waals surface area contributed by atoms with E-state index in [1.54, 1.807) is 4.90 Å². The van der Waals surface area contributed by atoms with E-state index in [-0.39, 0.29) is 12.7 Å². The molecular weight excluding hydrogens is 321 g/mol. The number of carbonyl (C=O) groups is 1. The first kappa shape index (κ1) is 14.0. The Morgan fingerprint density at radius 1 is 1.56 bits per heavy atom. The molecule has 0 saturated carbocycles. The van der Waals surface area contributed by atoms with Crippen LogP contribution in [0, 0.1) is 5.92 Å². The van der Waals surface area contributed by atoms with Gasteiger partial charge in [0.15, 0.2) is 0 Å². The van der Waals surface area contributed by atoms with E-state index in [0.717, 1.165) is 6.42 Å². The van der Waals surface area contributed by atoms with Gasteiger partial charge in [0.1, 0.15) is 5.60 Å². The van der Waals surface area contributed by atoms with Crippen molar-refractivity contribution in [2.24, 2.45) is 5.92 Å². The van der Waals surface area contributed by atoms with Gasteiger partial charge in [0, 0.05) is 23.6 Å². The molecule has 4 nitrogen and oxygen atoms in total. The molecule has 1 N–H and O–H groups in total. The summed E-state index contributed by atoms with van der Waals surface area (Å²) in [6, 6.07) is 0. The van der Waals surface area contributed by atoms with E-state index in [9.17, 15) is 4.79 Å². The zero-order valence-electron chi connectivity index (χ0n) is 10.1. The van der Waals surface area contributed by atoms with E-state index in [2.05, 4.69) is 22.6 Å². The van der Waals surface area contributed by atoms with E-state index in [0.29, 0.717) is 22.9 Å². The van der Waals surface area contributed by atoms with Crippen LogP contribution in [0.2, 0.25) is 0 Å². The van der Waals surface area contributed by atoms with Gasteiger partial charge in [-0.25, -0.2) is 4.79 Å². The van der Waals surface area contributed by atoms with Gasteiger partial charge in [-0.1, -0.05) is 22.6 Å². The Labute approximate surface area is 110 Å². The Hall–Kier alpha value is -0.0400. The van der Waals surface area contributed by atoms with Gasteiger partial charge in [0.25, 0.3) is 0 Å². The second-order valence-electron chi connectivity index (χ2n) is 5.17. The number of amides is 1. The number of nitrogens with zero attached hydrogens (tertiary/aromatic N) is 1. The van der Waals surface area contributed by atoms with E-state index >= 15 is 0 Å². The molecule has 2 unspecified atom stereocenters. The number of halogens is 1. The van der Waals surface area contributed by atoms with Crippen LogP contribution in [-0.4, -0.2) is 45.3 Å². The summed E-state index contributed by atoms with van der Waals surface area (Å²) in [6.07, 6.45) is 0.606. The standard InChI is InChI=1S/C11H20INO3/c1-11(2,3)16-10(15)13-5-4-8(7-14)9(12)6-13/h8-9,14H,4-7H2,1-3H3. The number of ether oxygens (including phenoxy) is 1. The van der Waals surface area contributed by atoms with Crippen LogP contribution in [0.5, 0.6) is 0 Å². The molecule has 0 aliphatic carbocycles. The SMILES string of the molecule is CC(C)(C)OC(=O)N1CCC(CO)C(I)C1. The molecule has 5 heteroatoms. The van der Waals surface area contributed by atoms with Crippen molar-refractivity contribution in [1.29, 1.82) is 0 Å². The van der Waals surface area contributed by atoms with Gasteiger partial charge in [-0.05, 0) is 33.1 Å². The summed E-state index contributed by atoms with van der Waals surface area (Å²) in [7, 11) is 0. The molecule has 1 aliphatic rings. The molecule has 94 valence electrons. The lowest BCUT2D eigenvalue weighted by molar-refractivity contribution is 0.0175. The second kappa shape index (κ2) is 5.53. The third-order valence-electron chi connectivity index (χ3n) is 2.56. The highest BCUT2D eigenvalue weighted by Gasteiger charge is 2.31. The van der Waals surface area contributed by atoms with E-state index in [4.69, 9.17) is 9.84 Å². The van der Waals surface area contributed by atoms with E-state index in [1.165, 1.54) is 0 Å². The highest BCUT2D eigenvalue weighted by Crippen LogP contribution is 2.25. The summed E-state index contributed by atoms with van der Waals surface area (Å²) in [6.45, 7) is 7.16. The molecule has 16 heavy (non-hydrogen) atoms. The normalized spacial score (nSPS) is 26.7. The second-order valence-corrected chi connectivity index (χ2v) is 6.77. The lowest BCUT2D eigenvalue weighted by Crippen LogP contribution is -2.47. The van der Waals surface area contributed by atoms with Crippen LogP contribution in [0.25, 0.3) is 0 Å². The molecule has 1 rings (SSSR count). The fourth-order valence-corrected chi connectivity index (χ4v) is 2.71. The fourth-order valence-electron chi connectivity index (χ4n) is 1.65. The summed E-state index contributed by atoms with van der Waals surface area (Å²) in [5.74, 6) is 0.305. The third-order valence-corrected chi connectivity index (χ3v) is 3.97. The van der Waals surface area contributed by atoms with Crippen molar-refractivity contribution in [3.8, 4) is 0 Å². The summed E-state index contributed by atoms with van der Waals surface area (Å²) in [5, 5.41) is 9.13. The number of likely N-dealkylation sites (tertiary alicyclic amines) is 1. The van der Waals surface area contributed by atoms with Crippen molar-refractivity contribution in [3.05, 3.63) is 0 Å². The minimum Gasteiger partial charge on any atom is -0.444 e. The van der Waals surface area contributed by atoms with Crippen molar-refractivity contribution in [2.45, 2.75) is 36.7 Å². The molecule has 0 aromatic rings. The molecule has 1 aliphatic heterocycles. The van der Waals surface area contributed by atoms with Crippen LogP contribution in [-0.2, 0) is 4.74 Å². The Balaban J connectivity index is 2.48. The van der Waals surface area contributed by atoms with Gasteiger partial charge in [0.2, 0.25) is 0 Å². The lowest BCUT2D eigenvalue weighted by atomic mass is 9.98. The number of hydrogen-bond acceptors (Lipinski definition) is 3. The number of rotatable bonds is 1. The zero-order chi connectivity index (χ0) is 12.3. The maximum atomic E-state index is 11.8. The summed E-state index contributed by atoms with van der Waals surface area (Å²) < 4.78 is 5.62. The van der Waals surface area contributed by atoms with Gasteiger partial charge >= 0.3 is 6.09 Å². The highest BCUT2D eigenvalue weighted by atomic mass is 127. The maximum absolute atomic E-state index is 11.8. The summed E-state index contributed by atoms with van der Waals surface area (Å²) in [4.78, 5) is 13.5. The summed E-state index contributed by atoms with van der Waals surface area (Å²) >= 11 is 2.30. The predicted octanol–water partition coefficient (Wildman–Crippen LogP) is 2.04. The van der Waals surface area contributed by atoms with Crippen LogP contribution < -0.4 is 0 Å². The number of hydrogen-bond donors (Lipinski definition) is 1. The lowest BCUT2D eigenvalue weighted by Gasteiger charge is -2.35. The van der Waals surface area contributed by atoms with Gasteiger partial charge < -0.3 is 14.7 Å². The molecule has 0 spiro atoms. The van der Waals surface area contributed by atoms with Crippen LogP contribution in [0.15, 0.2) is 0 Å². The van der Waals surface area contributed by atoms with Crippen molar-refractivity contribution in [1.82, 2.24) is 4.90 Å². The van der Waals surface area contributed by atoms with Gasteiger partial charge in [-0.15, -0.1) is 0 Å². The van der Waals surface area contributed by atoms with Crippen LogP contribution >= 0.6 is 22.6 Å². The number of piperidine rings is 1. The van der Waals surface area contributed by atoms with Crippen LogP contribution in [0.4, 0.5) is 4.79 Å². The number of aliphatic hydroxyl groups is 1. The first-order chi connectivity index (χ1) is 7.33. The van der Waals surface area contributed by atoms with Gasteiger partial charge in [-0.2, -0.15) is 0 Å². The molecule has 0 bridgehead atoms. The zero-order valence-corrected chi connectivity index (χ0v) is 12.2. The van der Waals surface area contributed by atoms with Crippen molar-refractivity contribution in [3.63, 3.8) is 0 Å². The number of alkyl halides is 1. The predicted molar refractivity (Wildman–Crippen MR) is 70.8 cm³/mol. The van der Waals surface area contributed by atoms with Crippen LogP contribution in [0.3, 0.4) is 0 Å². The summed E-state index contributed by atoms with van der Waals surface area (Å²) in [5.41, 5.74) is -0.439. The average Bonchev–Trinajstić information content (AvgIpc) is 2.15. The Morgan fingerprint density at radius 3 is 2.62 bits per heavy atom. The molecule has 0 aromatic carbocycles. The Bertz CT molecular complexity index is 252. The first-order valence-corrected chi connectivity index (χ1v) is 6.81. The molecule has 1 amide bonds. The number of carbonyl (C=O) groups excluding carboxylic acids is 1. The molecular formula is C11H20INO3. The van der Waals surface area contributed by atoms with Crippen molar-refractivity contribution < 1.29 is 14.6 Å². The third kappa shape index (κ3) is 4.08. The minimum atomic E-state index is -0.439. The average molecular weight is 341 g/mol. The Kier molecular flexibility index (Phi) is 4.85. The minimum absolute atomic E-state index is 0.204. The van der Waals surface area contributed by atoms with Crippen molar-refractivity contribution in [2.75, 3.05) is 19.7 Å². The van der Waals surface area contributed by atoms with Gasteiger partial charge in [0.05, 0.1) is 0 Å². The van der Waals surface area contributed by atoms with Gasteiger partial charge in [-0.3, -0.25) is 0 Å². The van der Waals surface area contributed by atoms with Crippen LogP contribution in [0.1, 0.15) is 27.2 Å². The first-order valence-electron chi connectivity index (χ1n) is 5.56. The highest BCUT2D eigenvalue weighted by molar-refractivity contribution is 14.1. The number of aliphatic hydroxyl groups excluding tert-OH is 1. The smallest absolute Gasteiger partial charge is 0.410 e. The molecule has 0 aromatic heterocycles. The molecule has 2 atom stereocenters. The quantitative estimate of drug-likeness (QED) is 0.587. The largest absolute Gasteiger partial charge is 0.444 e. The van der Waals surface area contributed by atoms with E-state index in [1.807, 2.05) is 20.8 Å². The molecule has 1 fully saturated rings. The fraction of sp³-hybridized carbons (Fsp3) is 0.909. The molecule has 0 radical (unpaired) electrons. The topological polar surface area (TPSA) is 49.8 Å². The van der Waals surface area contributed by atoms with Crippen molar-refractivity contribution >= 4 is 28.7 Å². The molecule has 1 saturated heterocycles. The van der Waals surface area contributed by atoms with E-state index < -0.39 is 5.60 Å².